The Morgan fingerprint density at radius 2 is 1.47 bits per heavy atom. The first-order valence-electron chi connectivity index (χ1n) is 12.5. The fourth-order valence-electron chi connectivity index (χ4n) is 4.47. The molecule has 0 spiro atoms. The van der Waals surface area contributed by atoms with E-state index in [4.69, 9.17) is 0 Å². The Morgan fingerprint density at radius 1 is 0.806 bits per heavy atom. The number of nitrogens with zero attached hydrogens (tertiary/aromatic N) is 1. The summed E-state index contributed by atoms with van der Waals surface area (Å²) in [5, 5.41) is 2.91. The lowest BCUT2D eigenvalue weighted by molar-refractivity contribution is 0.0950. The van der Waals surface area contributed by atoms with E-state index >= 15 is 0 Å². The minimum absolute atomic E-state index is 0.0930. The molecule has 0 bridgehead atoms. The topological polar surface area (TPSA) is 78.5 Å². The summed E-state index contributed by atoms with van der Waals surface area (Å²) < 4.78 is 28.8. The highest BCUT2D eigenvalue weighted by Crippen LogP contribution is 2.23. The minimum atomic E-state index is -3.85. The van der Waals surface area contributed by atoms with E-state index in [-0.39, 0.29) is 10.8 Å². The Bertz CT molecular complexity index is 1330. The van der Waals surface area contributed by atoms with E-state index in [9.17, 15) is 13.2 Å². The molecule has 7 heteroatoms. The van der Waals surface area contributed by atoms with Gasteiger partial charge in [-0.3, -0.25) is 14.4 Å². The van der Waals surface area contributed by atoms with E-state index < -0.39 is 10.0 Å². The zero-order valence-electron chi connectivity index (χ0n) is 21.3. The molecule has 190 valence electrons. The molecule has 1 heterocycles. The van der Waals surface area contributed by atoms with Crippen LogP contribution < -0.4 is 10.0 Å². The number of benzene rings is 3. The summed E-state index contributed by atoms with van der Waals surface area (Å²) in [7, 11) is -3.85. The molecular formula is C29H35N3O3S. The number of piperidine rings is 1. The van der Waals surface area contributed by atoms with Gasteiger partial charge in [0.2, 0.25) is 0 Å². The van der Waals surface area contributed by atoms with Crippen LogP contribution in [-0.2, 0) is 23.1 Å². The molecule has 1 aliphatic rings. The maximum Gasteiger partial charge on any atom is 0.262 e. The van der Waals surface area contributed by atoms with Crippen molar-refractivity contribution in [3.8, 4) is 0 Å². The molecular weight excluding hydrogens is 470 g/mol. The summed E-state index contributed by atoms with van der Waals surface area (Å²) in [5.41, 5.74) is 5.74. The van der Waals surface area contributed by atoms with E-state index in [1.54, 1.807) is 31.2 Å². The number of anilines is 1. The fourth-order valence-corrected chi connectivity index (χ4v) is 5.79. The van der Waals surface area contributed by atoms with Crippen LogP contribution in [0.1, 0.15) is 57.4 Å². The Kier molecular flexibility index (Phi) is 8.11. The smallest absolute Gasteiger partial charge is 0.262 e. The Morgan fingerprint density at radius 3 is 2.17 bits per heavy atom. The summed E-state index contributed by atoms with van der Waals surface area (Å²) in [5.74, 6) is -0.310. The molecule has 6 nitrogen and oxygen atoms in total. The lowest BCUT2D eigenvalue weighted by Crippen LogP contribution is -2.29. The van der Waals surface area contributed by atoms with E-state index in [1.807, 2.05) is 32.0 Å². The van der Waals surface area contributed by atoms with Crippen LogP contribution in [0.3, 0.4) is 0 Å². The fraction of sp³-hybridized carbons (Fsp3) is 0.345. The van der Waals surface area contributed by atoms with Crippen LogP contribution in [0, 0.1) is 20.8 Å². The van der Waals surface area contributed by atoms with Gasteiger partial charge in [-0.1, -0.05) is 42.8 Å². The van der Waals surface area contributed by atoms with Crippen LogP contribution in [-0.4, -0.2) is 32.3 Å². The van der Waals surface area contributed by atoms with Crippen molar-refractivity contribution in [2.45, 2.75) is 58.0 Å². The van der Waals surface area contributed by atoms with Crippen molar-refractivity contribution < 1.29 is 13.2 Å². The third-order valence-corrected chi connectivity index (χ3v) is 8.35. The molecule has 1 saturated heterocycles. The van der Waals surface area contributed by atoms with Gasteiger partial charge in [0, 0.05) is 24.3 Å². The van der Waals surface area contributed by atoms with E-state index in [0.29, 0.717) is 23.4 Å². The molecule has 0 aromatic heterocycles. The minimum Gasteiger partial charge on any atom is -0.348 e. The zero-order chi connectivity index (χ0) is 25.7. The molecule has 2 N–H and O–H groups in total. The van der Waals surface area contributed by atoms with Crippen LogP contribution in [0.4, 0.5) is 5.69 Å². The van der Waals surface area contributed by atoms with Gasteiger partial charge in [0.1, 0.15) is 0 Å². The number of hydrogen-bond donors (Lipinski definition) is 2. The number of sulfonamides is 1. The molecule has 3 aromatic rings. The number of carbonyl (C=O) groups is 1. The predicted octanol–water partition coefficient (Wildman–Crippen LogP) is 5.33. The average Bonchev–Trinajstić information content (AvgIpc) is 2.86. The van der Waals surface area contributed by atoms with Gasteiger partial charge in [-0.2, -0.15) is 0 Å². The first-order valence-corrected chi connectivity index (χ1v) is 14.0. The SMILES string of the molecule is Cc1ccc(NS(=O)(=O)c2cc(C(=O)NCc3ccc(CN4CCCCC4)cc3)ccc2C)cc1C. The molecule has 1 aliphatic heterocycles. The third kappa shape index (κ3) is 6.53. The lowest BCUT2D eigenvalue weighted by atomic mass is 10.1. The molecule has 0 radical (unpaired) electrons. The summed E-state index contributed by atoms with van der Waals surface area (Å²) in [6.07, 6.45) is 3.87. The highest BCUT2D eigenvalue weighted by molar-refractivity contribution is 7.92. The molecule has 0 unspecified atom stereocenters. The van der Waals surface area contributed by atoms with Gasteiger partial charge >= 0.3 is 0 Å². The Balaban J connectivity index is 1.40. The summed E-state index contributed by atoms with van der Waals surface area (Å²) >= 11 is 0. The second kappa shape index (κ2) is 11.3. The number of nitrogens with one attached hydrogen (secondary N) is 2. The number of aryl methyl sites for hydroxylation is 3. The zero-order valence-corrected chi connectivity index (χ0v) is 22.1. The molecule has 0 aliphatic carbocycles. The normalized spacial score (nSPS) is 14.4. The number of likely N-dealkylation sites (tertiary alicyclic amines) is 1. The average molecular weight is 506 g/mol. The highest BCUT2D eigenvalue weighted by atomic mass is 32.2. The molecule has 1 amide bonds. The molecule has 0 atom stereocenters. The van der Waals surface area contributed by atoms with Gasteiger partial charge in [-0.25, -0.2) is 8.42 Å². The van der Waals surface area contributed by atoms with Crippen molar-refractivity contribution in [1.82, 2.24) is 10.2 Å². The van der Waals surface area contributed by atoms with Gasteiger partial charge in [-0.05, 0) is 98.8 Å². The second-order valence-electron chi connectivity index (χ2n) is 9.72. The van der Waals surface area contributed by atoms with E-state index in [2.05, 4.69) is 27.1 Å². The van der Waals surface area contributed by atoms with Crippen LogP contribution in [0.15, 0.2) is 65.6 Å². The molecule has 3 aromatic carbocycles. The summed E-state index contributed by atoms with van der Waals surface area (Å²) in [6.45, 7) is 9.29. The Labute approximate surface area is 214 Å². The van der Waals surface area contributed by atoms with Crippen LogP contribution in [0.2, 0.25) is 0 Å². The number of hydrogen-bond acceptors (Lipinski definition) is 4. The standard InChI is InChI=1S/C29H35N3O3S/c1-21-8-14-27(17-23(21)3)31-36(34,35)28-18-26(13-7-22(28)2)29(33)30-19-24-9-11-25(12-10-24)20-32-15-5-4-6-16-32/h7-14,17-18,31H,4-6,15-16,19-20H2,1-3H3,(H,30,33). The van der Waals surface area contributed by atoms with Crippen molar-refractivity contribution in [3.63, 3.8) is 0 Å². The van der Waals surface area contributed by atoms with Gasteiger partial charge in [0.15, 0.2) is 0 Å². The second-order valence-corrected chi connectivity index (χ2v) is 11.4. The number of amides is 1. The van der Waals surface area contributed by atoms with Crippen LogP contribution >= 0.6 is 0 Å². The predicted molar refractivity (Wildman–Crippen MR) is 145 cm³/mol. The van der Waals surface area contributed by atoms with Gasteiger partial charge < -0.3 is 5.32 Å². The molecule has 1 fully saturated rings. The monoisotopic (exact) mass is 505 g/mol. The molecule has 0 saturated carbocycles. The number of rotatable bonds is 8. The van der Waals surface area contributed by atoms with E-state index in [1.165, 1.54) is 30.9 Å². The Hall–Kier alpha value is -3.16. The van der Waals surface area contributed by atoms with Gasteiger partial charge in [-0.15, -0.1) is 0 Å². The van der Waals surface area contributed by atoms with Crippen LogP contribution in [0.25, 0.3) is 0 Å². The molecule has 4 rings (SSSR count). The molecule has 36 heavy (non-hydrogen) atoms. The quantitative estimate of drug-likeness (QED) is 0.434. The first-order chi connectivity index (χ1) is 17.2. The highest BCUT2D eigenvalue weighted by Gasteiger charge is 2.20. The maximum absolute atomic E-state index is 13.1. The lowest BCUT2D eigenvalue weighted by Gasteiger charge is -2.26. The van der Waals surface area contributed by atoms with Crippen molar-refractivity contribution in [2.24, 2.45) is 0 Å². The third-order valence-electron chi connectivity index (χ3n) is 6.83. The summed E-state index contributed by atoms with van der Waals surface area (Å²) in [4.78, 5) is 15.4. The van der Waals surface area contributed by atoms with Crippen LogP contribution in [0.5, 0.6) is 0 Å². The van der Waals surface area contributed by atoms with E-state index in [0.717, 1.165) is 36.3 Å². The van der Waals surface area contributed by atoms with Gasteiger partial charge in [0.05, 0.1) is 4.90 Å². The largest absolute Gasteiger partial charge is 0.348 e. The van der Waals surface area contributed by atoms with Crippen molar-refractivity contribution in [2.75, 3.05) is 17.8 Å². The van der Waals surface area contributed by atoms with Crippen molar-refractivity contribution in [3.05, 3.63) is 94.0 Å². The number of carbonyl (C=O) groups excluding carboxylic acids is 1. The maximum atomic E-state index is 13.1. The van der Waals surface area contributed by atoms with Crippen molar-refractivity contribution in [1.29, 1.82) is 0 Å². The van der Waals surface area contributed by atoms with Gasteiger partial charge in [0.25, 0.3) is 15.9 Å². The summed E-state index contributed by atoms with van der Waals surface area (Å²) in [6, 6.07) is 18.5. The van der Waals surface area contributed by atoms with Crippen molar-refractivity contribution >= 4 is 21.6 Å². The first kappa shape index (κ1) is 25.9.